The summed E-state index contributed by atoms with van der Waals surface area (Å²) in [6.07, 6.45) is 6.57. The molecule has 0 amide bonds. The van der Waals surface area contributed by atoms with Gasteiger partial charge in [0.1, 0.15) is 0 Å². The molecule has 0 spiro atoms. The highest BCUT2D eigenvalue weighted by Crippen LogP contribution is 2.38. The fourth-order valence-corrected chi connectivity index (χ4v) is 4.18. The van der Waals surface area contributed by atoms with Crippen LogP contribution in [0.4, 0.5) is 0 Å². The van der Waals surface area contributed by atoms with Gasteiger partial charge >= 0.3 is 0 Å². The number of nitrogens with zero attached hydrogens (tertiary/aromatic N) is 1. The van der Waals surface area contributed by atoms with Crippen LogP contribution in [0.25, 0.3) is 0 Å². The second-order valence-electron chi connectivity index (χ2n) is 8.04. The van der Waals surface area contributed by atoms with Gasteiger partial charge in [-0.25, -0.2) is 0 Å². The maximum Gasteiger partial charge on any atom is 0.0565 e. The maximum absolute atomic E-state index is 6.21. The summed E-state index contributed by atoms with van der Waals surface area (Å²) in [7, 11) is 0. The van der Waals surface area contributed by atoms with Gasteiger partial charge in [-0.05, 0) is 63.5 Å². The molecule has 0 bridgehead atoms. The fourth-order valence-electron chi connectivity index (χ4n) is 4.18. The molecule has 0 aromatic heterocycles. The van der Waals surface area contributed by atoms with Gasteiger partial charge in [0.25, 0.3) is 0 Å². The van der Waals surface area contributed by atoms with Crippen LogP contribution in [0, 0.1) is 11.3 Å². The largest absolute Gasteiger partial charge is 0.378 e. The van der Waals surface area contributed by atoms with E-state index in [9.17, 15) is 0 Å². The van der Waals surface area contributed by atoms with Crippen LogP contribution in [0.2, 0.25) is 0 Å². The lowest BCUT2D eigenvalue weighted by molar-refractivity contribution is -0.0634. The van der Waals surface area contributed by atoms with Crippen LogP contribution in [-0.4, -0.2) is 42.8 Å². The van der Waals surface area contributed by atoms with Gasteiger partial charge in [-0.2, -0.15) is 0 Å². The zero-order valence-electron chi connectivity index (χ0n) is 14.0. The summed E-state index contributed by atoms with van der Waals surface area (Å²) in [5.74, 6) is 0.847. The average molecular weight is 282 g/mol. The van der Waals surface area contributed by atoms with Gasteiger partial charge in [-0.3, -0.25) is 4.90 Å². The van der Waals surface area contributed by atoms with Crippen molar-refractivity contribution in [2.75, 3.05) is 26.2 Å². The molecule has 3 atom stereocenters. The van der Waals surface area contributed by atoms with Crippen molar-refractivity contribution in [1.82, 2.24) is 4.90 Å². The topological polar surface area (TPSA) is 38.5 Å². The normalized spacial score (nSPS) is 37.6. The highest BCUT2D eigenvalue weighted by Gasteiger charge is 2.41. The summed E-state index contributed by atoms with van der Waals surface area (Å²) in [5.41, 5.74) is 6.84. The van der Waals surface area contributed by atoms with Crippen molar-refractivity contribution < 1.29 is 4.74 Å². The number of nitrogens with two attached hydrogens (primary N) is 1. The van der Waals surface area contributed by atoms with Crippen LogP contribution in [0.5, 0.6) is 0 Å². The van der Waals surface area contributed by atoms with E-state index in [0.717, 1.165) is 31.9 Å². The van der Waals surface area contributed by atoms with E-state index < -0.39 is 0 Å². The Hall–Kier alpha value is -0.120. The molecule has 118 valence electrons. The Kier molecular flexibility index (Phi) is 5.14. The summed E-state index contributed by atoms with van der Waals surface area (Å²) in [6, 6.07) is 0. The van der Waals surface area contributed by atoms with Crippen molar-refractivity contribution in [2.45, 2.75) is 71.4 Å². The molecule has 3 heteroatoms. The van der Waals surface area contributed by atoms with Gasteiger partial charge in [0, 0.05) is 18.7 Å². The first-order valence-corrected chi connectivity index (χ1v) is 8.44. The summed E-state index contributed by atoms with van der Waals surface area (Å²) in [4.78, 5) is 2.71. The monoisotopic (exact) mass is 282 g/mol. The van der Waals surface area contributed by atoms with Crippen LogP contribution in [-0.2, 0) is 4.74 Å². The quantitative estimate of drug-likeness (QED) is 0.846. The molecule has 0 aliphatic carbocycles. The molecule has 2 heterocycles. The summed E-state index contributed by atoms with van der Waals surface area (Å²) >= 11 is 0. The molecule has 3 unspecified atom stereocenters. The minimum absolute atomic E-state index is 0.199. The first kappa shape index (κ1) is 16.3. The molecule has 2 saturated heterocycles. The lowest BCUT2D eigenvalue weighted by Crippen LogP contribution is -2.58. The van der Waals surface area contributed by atoms with Crippen LogP contribution < -0.4 is 5.73 Å². The van der Waals surface area contributed by atoms with Gasteiger partial charge in [-0.15, -0.1) is 0 Å². The minimum atomic E-state index is 0.199. The zero-order valence-corrected chi connectivity index (χ0v) is 14.0. The first-order valence-electron chi connectivity index (χ1n) is 8.44. The third-order valence-electron chi connectivity index (χ3n) is 5.64. The van der Waals surface area contributed by atoms with E-state index in [1.165, 1.54) is 32.4 Å². The Labute approximate surface area is 125 Å². The Morgan fingerprint density at radius 3 is 2.60 bits per heavy atom. The van der Waals surface area contributed by atoms with Gasteiger partial charge in [0.15, 0.2) is 0 Å². The molecule has 2 aliphatic heterocycles. The van der Waals surface area contributed by atoms with E-state index in [1.807, 2.05) is 0 Å². The van der Waals surface area contributed by atoms with Crippen molar-refractivity contribution in [1.29, 1.82) is 0 Å². The van der Waals surface area contributed by atoms with E-state index in [2.05, 4.69) is 32.6 Å². The molecule has 0 radical (unpaired) electrons. The molecule has 2 rings (SSSR count). The molecule has 2 N–H and O–H groups in total. The second kappa shape index (κ2) is 6.33. The Bertz CT molecular complexity index is 313. The maximum atomic E-state index is 6.21. The number of rotatable bonds is 2. The molecular weight excluding hydrogens is 248 g/mol. The number of hydrogen-bond donors (Lipinski definition) is 1. The van der Waals surface area contributed by atoms with Crippen molar-refractivity contribution in [2.24, 2.45) is 17.1 Å². The van der Waals surface area contributed by atoms with Gasteiger partial charge in [0.05, 0.1) is 6.10 Å². The molecular formula is C17H34N2O. The number of ether oxygens (including phenoxy) is 1. The molecule has 3 nitrogen and oxygen atoms in total. The molecule has 2 aliphatic rings. The van der Waals surface area contributed by atoms with Crippen LogP contribution in [0.3, 0.4) is 0 Å². The predicted octanol–water partition coefficient (Wildman–Crippen LogP) is 3.03. The highest BCUT2D eigenvalue weighted by molar-refractivity contribution is 4.97. The molecule has 2 fully saturated rings. The van der Waals surface area contributed by atoms with Crippen molar-refractivity contribution in [3.05, 3.63) is 0 Å². The zero-order chi connectivity index (χ0) is 14.8. The third-order valence-corrected chi connectivity index (χ3v) is 5.64. The Morgan fingerprint density at radius 1 is 1.25 bits per heavy atom. The van der Waals surface area contributed by atoms with Crippen LogP contribution in [0.1, 0.15) is 59.8 Å². The van der Waals surface area contributed by atoms with Crippen molar-refractivity contribution in [3.63, 3.8) is 0 Å². The van der Waals surface area contributed by atoms with E-state index in [0.29, 0.717) is 11.5 Å². The van der Waals surface area contributed by atoms with E-state index in [-0.39, 0.29) is 5.54 Å². The lowest BCUT2D eigenvalue weighted by Gasteiger charge is -2.47. The van der Waals surface area contributed by atoms with Gasteiger partial charge in [-0.1, -0.05) is 20.8 Å². The minimum Gasteiger partial charge on any atom is -0.378 e. The smallest absolute Gasteiger partial charge is 0.0565 e. The van der Waals surface area contributed by atoms with E-state index in [4.69, 9.17) is 10.5 Å². The lowest BCUT2D eigenvalue weighted by atomic mass is 9.76. The standard InChI is InChI=1S/C17H34N2O/c1-14-12-17(13-18,8-11-20-14)19-9-5-6-15(7-10-19)16(2,3)4/h14-15H,5-13,18H2,1-4H3. The van der Waals surface area contributed by atoms with Crippen LogP contribution >= 0.6 is 0 Å². The summed E-state index contributed by atoms with van der Waals surface area (Å²) < 4.78 is 5.75. The van der Waals surface area contributed by atoms with Crippen molar-refractivity contribution in [3.8, 4) is 0 Å². The summed E-state index contributed by atoms with van der Waals surface area (Å²) in [5, 5.41) is 0. The molecule has 20 heavy (non-hydrogen) atoms. The fraction of sp³-hybridized carbons (Fsp3) is 1.00. The first-order chi connectivity index (χ1) is 9.37. The van der Waals surface area contributed by atoms with Gasteiger partial charge < -0.3 is 10.5 Å². The predicted molar refractivity (Wildman–Crippen MR) is 84.8 cm³/mol. The van der Waals surface area contributed by atoms with Crippen LogP contribution in [0.15, 0.2) is 0 Å². The van der Waals surface area contributed by atoms with Gasteiger partial charge in [0.2, 0.25) is 0 Å². The Morgan fingerprint density at radius 2 is 2.00 bits per heavy atom. The second-order valence-corrected chi connectivity index (χ2v) is 8.04. The van der Waals surface area contributed by atoms with E-state index >= 15 is 0 Å². The van der Waals surface area contributed by atoms with E-state index in [1.54, 1.807) is 0 Å². The SMILES string of the molecule is CC1CC(CN)(N2CCCC(C(C)(C)C)CC2)CCO1. The molecule has 0 saturated carbocycles. The van der Waals surface area contributed by atoms with Crippen molar-refractivity contribution >= 4 is 0 Å². The third kappa shape index (κ3) is 3.55. The Balaban J connectivity index is 2.04. The average Bonchev–Trinajstić information content (AvgIpc) is 2.64. The number of hydrogen-bond acceptors (Lipinski definition) is 3. The molecule has 0 aromatic rings. The highest BCUT2D eigenvalue weighted by atomic mass is 16.5. The summed E-state index contributed by atoms with van der Waals surface area (Å²) in [6.45, 7) is 13.5. The number of likely N-dealkylation sites (tertiary alicyclic amines) is 1. The molecule has 0 aromatic carbocycles.